The minimum atomic E-state index is -4.78. The van der Waals surface area contributed by atoms with E-state index in [1.807, 2.05) is 12.2 Å². The zero-order valence-electron chi connectivity index (χ0n) is 22.8. The van der Waals surface area contributed by atoms with Crippen LogP contribution in [0.5, 0.6) is 0 Å². The summed E-state index contributed by atoms with van der Waals surface area (Å²) >= 11 is 6.17. The number of urea groups is 1. The number of likely N-dealkylation sites (N-methyl/N-ethyl adjacent to an activating group) is 1. The van der Waals surface area contributed by atoms with Crippen molar-refractivity contribution in [2.75, 3.05) is 26.7 Å². The quantitative estimate of drug-likeness (QED) is 0.384. The van der Waals surface area contributed by atoms with E-state index in [-0.39, 0.29) is 44.3 Å². The Hall–Kier alpha value is -3.41. The van der Waals surface area contributed by atoms with Gasteiger partial charge < -0.3 is 15.1 Å². The van der Waals surface area contributed by atoms with Crippen molar-refractivity contribution in [3.05, 3.63) is 58.4 Å². The summed E-state index contributed by atoms with van der Waals surface area (Å²) in [6, 6.07) is -0.0814. The maximum Gasteiger partial charge on any atom is 0.416 e. The standard InChI is InChI=1S/C28H31ClF4N4O4/c1-16(2)22(34-23(38)20-14-18(28(31,32)33)7-8-21(20)30)24(39)36-11-9-27(10-12-36)25(40)35(3)26(41)37(27)15-17-5-4-6-19(29)13-17/h4-8,14,16-17,22H,9-13,15H2,1-3H3,(H,34,38)/t17?,22-/m1/s1. The van der Waals surface area contributed by atoms with Crippen LogP contribution in [0.4, 0.5) is 22.4 Å². The monoisotopic (exact) mass is 598 g/mol. The van der Waals surface area contributed by atoms with E-state index in [1.54, 1.807) is 24.8 Å². The van der Waals surface area contributed by atoms with Crippen molar-refractivity contribution in [3.8, 4) is 0 Å². The third kappa shape index (κ3) is 5.98. The first-order chi connectivity index (χ1) is 19.2. The highest BCUT2D eigenvalue weighted by atomic mass is 35.5. The van der Waals surface area contributed by atoms with Crippen molar-refractivity contribution in [1.82, 2.24) is 20.0 Å². The van der Waals surface area contributed by atoms with Crippen molar-refractivity contribution in [2.45, 2.75) is 50.9 Å². The number of likely N-dealkylation sites (tertiary alicyclic amines) is 1. The highest BCUT2D eigenvalue weighted by molar-refractivity contribution is 6.29. The van der Waals surface area contributed by atoms with E-state index in [2.05, 4.69) is 5.32 Å². The molecule has 41 heavy (non-hydrogen) atoms. The Bertz CT molecular complexity index is 1300. The van der Waals surface area contributed by atoms with Gasteiger partial charge in [0.15, 0.2) is 0 Å². The van der Waals surface area contributed by atoms with E-state index in [0.717, 1.165) is 4.90 Å². The fourth-order valence-electron chi connectivity index (χ4n) is 5.58. The molecule has 222 valence electrons. The van der Waals surface area contributed by atoms with Gasteiger partial charge in [-0.15, -0.1) is 0 Å². The number of alkyl halides is 3. The molecule has 3 aliphatic rings. The Labute approximate surface area is 240 Å². The second-order valence-electron chi connectivity index (χ2n) is 11.0. The van der Waals surface area contributed by atoms with Gasteiger partial charge in [0.2, 0.25) is 5.91 Å². The van der Waals surface area contributed by atoms with Crippen molar-refractivity contribution in [1.29, 1.82) is 0 Å². The number of benzene rings is 1. The summed E-state index contributed by atoms with van der Waals surface area (Å²) in [7, 11) is 1.42. The van der Waals surface area contributed by atoms with Crippen LogP contribution in [0.1, 0.15) is 49.0 Å². The highest BCUT2D eigenvalue weighted by Crippen LogP contribution is 2.39. The number of halogens is 5. The van der Waals surface area contributed by atoms with Crippen LogP contribution in [0.25, 0.3) is 0 Å². The number of piperidine rings is 1. The van der Waals surface area contributed by atoms with Gasteiger partial charge in [-0.2, -0.15) is 13.2 Å². The maximum atomic E-state index is 14.3. The van der Waals surface area contributed by atoms with Crippen LogP contribution in [0.15, 0.2) is 41.5 Å². The van der Waals surface area contributed by atoms with Crippen molar-refractivity contribution >= 4 is 35.4 Å². The van der Waals surface area contributed by atoms with E-state index in [4.69, 9.17) is 11.6 Å². The highest BCUT2D eigenvalue weighted by Gasteiger charge is 2.57. The summed E-state index contributed by atoms with van der Waals surface area (Å²) in [5, 5.41) is 3.04. The van der Waals surface area contributed by atoms with Gasteiger partial charge in [0.25, 0.3) is 11.8 Å². The SMILES string of the molecule is CC(C)[C@@H](NC(=O)c1cc(C(F)(F)F)ccc1F)C(=O)N1CCC2(CC1)C(=O)N(C)C(=O)N2CC1C=CC=C(Cl)C1. The van der Waals surface area contributed by atoms with E-state index in [0.29, 0.717) is 29.7 Å². The van der Waals surface area contributed by atoms with Gasteiger partial charge >= 0.3 is 12.2 Å². The zero-order valence-corrected chi connectivity index (χ0v) is 23.6. The van der Waals surface area contributed by atoms with E-state index in [9.17, 15) is 36.7 Å². The molecule has 2 saturated heterocycles. The number of hydrogen-bond acceptors (Lipinski definition) is 4. The molecule has 1 N–H and O–H groups in total. The molecule has 1 aromatic rings. The predicted octanol–water partition coefficient (Wildman–Crippen LogP) is 4.55. The van der Waals surface area contributed by atoms with Gasteiger partial charge in [0, 0.05) is 31.7 Å². The first-order valence-electron chi connectivity index (χ1n) is 13.2. The lowest BCUT2D eigenvalue weighted by Gasteiger charge is -2.44. The molecule has 2 fully saturated rings. The summed E-state index contributed by atoms with van der Waals surface area (Å²) < 4.78 is 53.7. The lowest BCUT2D eigenvalue weighted by Crippen LogP contribution is -2.60. The van der Waals surface area contributed by atoms with Crippen molar-refractivity contribution in [3.63, 3.8) is 0 Å². The van der Waals surface area contributed by atoms with Crippen LogP contribution in [0.2, 0.25) is 0 Å². The fraction of sp³-hybridized carbons (Fsp3) is 0.500. The van der Waals surface area contributed by atoms with Gasteiger partial charge in [0.05, 0.1) is 11.1 Å². The largest absolute Gasteiger partial charge is 0.416 e. The van der Waals surface area contributed by atoms with E-state index in [1.165, 1.54) is 11.9 Å². The average molecular weight is 599 g/mol. The minimum Gasteiger partial charge on any atom is -0.341 e. The first kappa shape index (κ1) is 30.5. The average Bonchev–Trinajstić information content (AvgIpc) is 3.07. The molecule has 1 unspecified atom stereocenters. The van der Waals surface area contributed by atoms with Crippen LogP contribution in [-0.2, 0) is 15.8 Å². The second kappa shape index (κ2) is 11.5. The number of carbonyl (C=O) groups excluding carboxylic acids is 4. The van der Waals surface area contributed by atoms with Gasteiger partial charge in [-0.25, -0.2) is 9.18 Å². The molecule has 8 nitrogen and oxygen atoms in total. The predicted molar refractivity (Wildman–Crippen MR) is 142 cm³/mol. The van der Waals surface area contributed by atoms with Crippen LogP contribution < -0.4 is 5.32 Å². The fourth-order valence-corrected chi connectivity index (χ4v) is 5.85. The second-order valence-corrected chi connectivity index (χ2v) is 11.4. The molecule has 0 bridgehead atoms. The van der Waals surface area contributed by atoms with Crippen molar-refractivity contribution < 1.29 is 36.7 Å². The Morgan fingerprint density at radius 2 is 1.83 bits per heavy atom. The number of rotatable bonds is 6. The first-order valence-corrected chi connectivity index (χ1v) is 13.6. The molecule has 2 aliphatic heterocycles. The number of hydrogen-bond donors (Lipinski definition) is 1. The molecule has 1 aromatic carbocycles. The Morgan fingerprint density at radius 1 is 1.17 bits per heavy atom. The summed E-state index contributed by atoms with van der Waals surface area (Å²) in [6.07, 6.45) is 1.58. The number of amides is 5. The number of nitrogens with zero attached hydrogens (tertiary/aromatic N) is 3. The van der Waals surface area contributed by atoms with Gasteiger partial charge in [-0.1, -0.05) is 37.6 Å². The van der Waals surface area contributed by atoms with Gasteiger partial charge in [0.1, 0.15) is 17.4 Å². The number of nitrogens with one attached hydrogen (secondary N) is 1. The molecule has 1 aliphatic carbocycles. The van der Waals surface area contributed by atoms with Gasteiger partial charge in [-0.3, -0.25) is 19.3 Å². The molecule has 4 rings (SSSR count). The van der Waals surface area contributed by atoms with Crippen LogP contribution in [0.3, 0.4) is 0 Å². The molecule has 0 aromatic heterocycles. The zero-order chi connectivity index (χ0) is 30.3. The number of carbonyl (C=O) groups is 4. The normalized spacial score (nSPS) is 21.5. The Balaban J connectivity index is 1.48. The number of allylic oxidation sites excluding steroid dienone is 3. The molecule has 2 atom stereocenters. The van der Waals surface area contributed by atoms with Crippen molar-refractivity contribution in [2.24, 2.45) is 11.8 Å². The summed E-state index contributed by atoms with van der Waals surface area (Å²) in [6.45, 7) is 3.76. The molecular formula is C28H31ClF4N4O4. The van der Waals surface area contributed by atoms with E-state index < -0.39 is 58.5 Å². The molecule has 13 heteroatoms. The van der Waals surface area contributed by atoms with E-state index >= 15 is 0 Å². The third-order valence-electron chi connectivity index (χ3n) is 7.93. The topological polar surface area (TPSA) is 90.0 Å². The summed E-state index contributed by atoms with van der Waals surface area (Å²) in [5.41, 5.74) is -3.15. The Morgan fingerprint density at radius 3 is 2.41 bits per heavy atom. The molecule has 0 saturated carbocycles. The molecule has 0 radical (unpaired) electrons. The smallest absolute Gasteiger partial charge is 0.341 e. The number of imide groups is 1. The molecule has 2 heterocycles. The lowest BCUT2D eigenvalue weighted by molar-refractivity contribution is -0.142. The lowest BCUT2D eigenvalue weighted by atomic mass is 9.84. The molecule has 5 amide bonds. The van der Waals surface area contributed by atoms with Crippen LogP contribution in [0, 0.1) is 17.7 Å². The summed E-state index contributed by atoms with van der Waals surface area (Å²) in [4.78, 5) is 56.8. The molecular weight excluding hydrogens is 568 g/mol. The van der Waals surface area contributed by atoms with Crippen LogP contribution >= 0.6 is 11.6 Å². The molecule has 1 spiro atoms. The maximum absolute atomic E-state index is 14.3. The summed E-state index contributed by atoms with van der Waals surface area (Å²) in [5.74, 6) is -3.73. The van der Waals surface area contributed by atoms with Gasteiger partial charge in [-0.05, 0) is 55.4 Å². The van der Waals surface area contributed by atoms with Crippen LogP contribution in [-0.4, -0.2) is 76.7 Å². The third-order valence-corrected chi connectivity index (χ3v) is 8.21. The Kier molecular flexibility index (Phi) is 8.54. The minimum absolute atomic E-state index is 0.0796.